The van der Waals surface area contributed by atoms with Gasteiger partial charge in [-0.05, 0) is 48.5 Å². The van der Waals surface area contributed by atoms with Crippen molar-refractivity contribution in [3.05, 3.63) is 59.7 Å². The van der Waals surface area contributed by atoms with Crippen LogP contribution in [0.1, 0.15) is 11.1 Å². The zero-order valence-electron chi connectivity index (χ0n) is 11.3. The summed E-state index contributed by atoms with van der Waals surface area (Å²) in [6, 6.07) is 14.3. The molecular weight excluding hydrogens is 266 g/mol. The van der Waals surface area contributed by atoms with E-state index in [2.05, 4.69) is 16.4 Å². The minimum Gasteiger partial charge on any atom is -0.384 e. The Labute approximate surface area is 122 Å². The first-order valence-corrected chi connectivity index (χ1v) is 6.22. The molecule has 0 saturated heterocycles. The van der Waals surface area contributed by atoms with E-state index in [0.717, 1.165) is 11.4 Å². The second kappa shape index (κ2) is 6.40. The number of hydrogen-bond acceptors (Lipinski definition) is 5. The zero-order chi connectivity index (χ0) is 15.2. The van der Waals surface area contributed by atoms with Crippen molar-refractivity contribution >= 4 is 23.0 Å². The van der Waals surface area contributed by atoms with Crippen molar-refractivity contribution in [1.29, 1.82) is 10.8 Å². The molecule has 2 aromatic carbocycles. The maximum Gasteiger partial charge on any atom is 0.122 e. The standard InChI is InChI=1S/C14H17N7/c15-13(16)9-1-5-11(6-2-9)19-21-20-12-7-3-10(4-8-12)14(17)18/h1-8,19-21H,(H3,15,16)(H3,17,18). The Bertz CT molecular complexity index is 574. The molecule has 108 valence electrons. The number of nitrogens with two attached hydrogens (primary N) is 2. The van der Waals surface area contributed by atoms with Crippen LogP contribution in [0, 0.1) is 10.8 Å². The normalized spacial score (nSPS) is 9.90. The van der Waals surface area contributed by atoms with Gasteiger partial charge in [-0.15, -0.1) is 0 Å². The van der Waals surface area contributed by atoms with Gasteiger partial charge in [0.2, 0.25) is 0 Å². The maximum absolute atomic E-state index is 7.31. The van der Waals surface area contributed by atoms with Gasteiger partial charge in [0.15, 0.2) is 0 Å². The van der Waals surface area contributed by atoms with Crippen molar-refractivity contribution in [2.45, 2.75) is 0 Å². The van der Waals surface area contributed by atoms with Crippen LogP contribution in [0.3, 0.4) is 0 Å². The van der Waals surface area contributed by atoms with Gasteiger partial charge in [-0.2, -0.15) is 5.53 Å². The van der Waals surface area contributed by atoms with E-state index < -0.39 is 0 Å². The Morgan fingerprint density at radius 3 is 1.29 bits per heavy atom. The molecule has 2 rings (SSSR count). The number of hydrogen-bond donors (Lipinski definition) is 7. The molecule has 21 heavy (non-hydrogen) atoms. The molecule has 0 aliphatic rings. The van der Waals surface area contributed by atoms with Crippen LogP contribution in [0.2, 0.25) is 0 Å². The molecule has 0 aliphatic carbocycles. The van der Waals surface area contributed by atoms with E-state index in [-0.39, 0.29) is 11.7 Å². The highest BCUT2D eigenvalue weighted by Crippen LogP contribution is 2.09. The van der Waals surface area contributed by atoms with E-state index in [4.69, 9.17) is 22.3 Å². The predicted octanol–water partition coefficient (Wildman–Crippen LogP) is 1.20. The van der Waals surface area contributed by atoms with Gasteiger partial charge < -0.3 is 22.3 Å². The lowest BCUT2D eigenvalue weighted by atomic mass is 10.2. The van der Waals surface area contributed by atoms with Crippen molar-refractivity contribution in [2.24, 2.45) is 11.5 Å². The average Bonchev–Trinajstić information content (AvgIpc) is 2.48. The molecule has 0 fully saturated rings. The lowest BCUT2D eigenvalue weighted by molar-refractivity contribution is 0.954. The molecule has 7 heteroatoms. The third-order valence-corrected chi connectivity index (χ3v) is 2.81. The third-order valence-electron chi connectivity index (χ3n) is 2.81. The quantitative estimate of drug-likeness (QED) is 0.243. The van der Waals surface area contributed by atoms with Crippen LogP contribution in [0.5, 0.6) is 0 Å². The van der Waals surface area contributed by atoms with Crippen molar-refractivity contribution < 1.29 is 0 Å². The van der Waals surface area contributed by atoms with Gasteiger partial charge in [0.25, 0.3) is 0 Å². The van der Waals surface area contributed by atoms with Crippen LogP contribution in [0.25, 0.3) is 0 Å². The highest BCUT2D eigenvalue weighted by atomic mass is 15.6. The van der Waals surface area contributed by atoms with Crippen LogP contribution >= 0.6 is 0 Å². The third kappa shape index (κ3) is 3.95. The lowest BCUT2D eigenvalue weighted by Crippen LogP contribution is -2.28. The van der Waals surface area contributed by atoms with Gasteiger partial charge in [-0.1, -0.05) is 0 Å². The van der Waals surface area contributed by atoms with Gasteiger partial charge in [0.1, 0.15) is 11.7 Å². The number of nitrogen functional groups attached to an aromatic ring is 2. The Hall–Kier alpha value is -3.06. The summed E-state index contributed by atoms with van der Waals surface area (Å²) in [5.41, 5.74) is 22.5. The monoisotopic (exact) mass is 283 g/mol. The van der Waals surface area contributed by atoms with E-state index in [1.54, 1.807) is 24.3 Å². The lowest BCUT2D eigenvalue weighted by Gasteiger charge is -2.11. The molecule has 9 N–H and O–H groups in total. The minimum atomic E-state index is 0.0400. The number of anilines is 2. The van der Waals surface area contributed by atoms with Crippen molar-refractivity contribution in [2.75, 3.05) is 10.9 Å². The molecule has 0 atom stereocenters. The first kappa shape index (κ1) is 14.4. The summed E-state index contributed by atoms with van der Waals surface area (Å²) < 4.78 is 0. The SMILES string of the molecule is N=C(N)c1ccc(NNNc2ccc(C(=N)N)cc2)cc1. The van der Waals surface area contributed by atoms with E-state index in [0.29, 0.717) is 11.1 Å². The molecule has 0 aromatic heterocycles. The molecular formula is C14H17N7. The highest BCUT2D eigenvalue weighted by molar-refractivity contribution is 5.95. The molecule has 7 nitrogen and oxygen atoms in total. The van der Waals surface area contributed by atoms with E-state index in [9.17, 15) is 0 Å². The maximum atomic E-state index is 7.31. The molecule has 0 aliphatic heterocycles. The molecule has 0 bridgehead atoms. The predicted molar refractivity (Wildman–Crippen MR) is 85.3 cm³/mol. The summed E-state index contributed by atoms with van der Waals surface area (Å²) in [5.74, 6) is 0.0800. The topological polar surface area (TPSA) is 136 Å². The number of benzene rings is 2. The number of amidine groups is 2. The fourth-order valence-electron chi connectivity index (χ4n) is 1.64. The number of rotatable bonds is 6. The molecule has 0 unspecified atom stereocenters. The summed E-state index contributed by atoms with van der Waals surface area (Å²) in [6.07, 6.45) is 0. The largest absolute Gasteiger partial charge is 0.384 e. The molecule has 2 aromatic rings. The second-order valence-electron chi connectivity index (χ2n) is 4.36. The molecule has 0 heterocycles. The fraction of sp³-hybridized carbons (Fsp3) is 0. The summed E-state index contributed by atoms with van der Waals surface area (Å²) in [7, 11) is 0. The van der Waals surface area contributed by atoms with Crippen LogP contribution in [0.15, 0.2) is 48.5 Å². The van der Waals surface area contributed by atoms with Crippen molar-refractivity contribution in [3.8, 4) is 0 Å². The first-order chi connectivity index (χ1) is 10.1. The van der Waals surface area contributed by atoms with Crippen molar-refractivity contribution in [1.82, 2.24) is 5.53 Å². The zero-order valence-corrected chi connectivity index (χ0v) is 11.3. The van der Waals surface area contributed by atoms with Crippen molar-refractivity contribution in [3.63, 3.8) is 0 Å². The van der Waals surface area contributed by atoms with Gasteiger partial charge in [0, 0.05) is 11.1 Å². The summed E-state index contributed by atoms with van der Waals surface area (Å²) in [5, 5.41) is 14.6. The Morgan fingerprint density at radius 2 is 1.00 bits per heavy atom. The Balaban J connectivity index is 1.86. The average molecular weight is 283 g/mol. The van der Waals surface area contributed by atoms with Gasteiger partial charge in [0.05, 0.1) is 11.4 Å². The first-order valence-electron chi connectivity index (χ1n) is 6.22. The molecule has 0 radical (unpaired) electrons. The van der Waals surface area contributed by atoms with Gasteiger partial charge >= 0.3 is 0 Å². The molecule has 0 amide bonds. The van der Waals surface area contributed by atoms with E-state index in [1.807, 2.05) is 24.3 Å². The Kier molecular flexibility index (Phi) is 4.37. The summed E-state index contributed by atoms with van der Waals surface area (Å²) in [4.78, 5) is 0. The van der Waals surface area contributed by atoms with Crippen LogP contribution in [-0.2, 0) is 0 Å². The second-order valence-corrected chi connectivity index (χ2v) is 4.36. The highest BCUT2D eigenvalue weighted by Gasteiger charge is 1.98. The summed E-state index contributed by atoms with van der Waals surface area (Å²) >= 11 is 0. The van der Waals surface area contributed by atoms with E-state index in [1.165, 1.54) is 0 Å². The fourth-order valence-corrected chi connectivity index (χ4v) is 1.64. The number of hydrazine groups is 2. The van der Waals surface area contributed by atoms with Crippen LogP contribution in [-0.4, -0.2) is 11.7 Å². The van der Waals surface area contributed by atoms with Crippen LogP contribution in [0.4, 0.5) is 11.4 Å². The van der Waals surface area contributed by atoms with Crippen LogP contribution < -0.4 is 27.9 Å². The molecule has 0 saturated carbocycles. The number of nitrogens with one attached hydrogen (secondary N) is 5. The van der Waals surface area contributed by atoms with Gasteiger partial charge in [-0.25, -0.2) is 0 Å². The summed E-state index contributed by atoms with van der Waals surface area (Å²) in [6.45, 7) is 0. The Morgan fingerprint density at radius 1 is 0.667 bits per heavy atom. The van der Waals surface area contributed by atoms with E-state index >= 15 is 0 Å². The molecule has 0 spiro atoms. The minimum absolute atomic E-state index is 0.0400. The smallest absolute Gasteiger partial charge is 0.122 e. The van der Waals surface area contributed by atoms with Gasteiger partial charge in [-0.3, -0.25) is 10.8 Å².